The zero-order valence-electron chi connectivity index (χ0n) is 13.7. The Morgan fingerprint density at radius 1 is 1.08 bits per heavy atom. The maximum absolute atomic E-state index is 11.8. The van der Waals surface area contributed by atoms with Crippen molar-refractivity contribution < 1.29 is 14.3 Å². The van der Waals surface area contributed by atoms with Gasteiger partial charge < -0.3 is 14.8 Å². The summed E-state index contributed by atoms with van der Waals surface area (Å²) in [5, 5.41) is 2.87. The predicted octanol–water partition coefficient (Wildman–Crippen LogP) is 3.84. The molecule has 4 nitrogen and oxygen atoms in total. The van der Waals surface area contributed by atoms with Crippen molar-refractivity contribution in [2.24, 2.45) is 0 Å². The Balaban J connectivity index is 1.83. The highest BCUT2D eigenvalue weighted by Gasteiger charge is 2.04. The molecule has 0 aliphatic rings. The van der Waals surface area contributed by atoms with Gasteiger partial charge in [0.2, 0.25) is 5.91 Å². The van der Waals surface area contributed by atoms with Gasteiger partial charge in [-0.1, -0.05) is 34.1 Å². The van der Waals surface area contributed by atoms with Crippen molar-refractivity contribution >= 4 is 27.9 Å². The number of carbonyl (C=O) groups excluding carboxylic acids is 1. The first kappa shape index (κ1) is 18.1. The first-order valence-corrected chi connectivity index (χ1v) is 8.34. The quantitative estimate of drug-likeness (QED) is 0.731. The average molecular weight is 390 g/mol. The van der Waals surface area contributed by atoms with E-state index in [1.165, 1.54) is 6.08 Å². The second-order valence-corrected chi connectivity index (χ2v) is 6.03. The van der Waals surface area contributed by atoms with Crippen LogP contribution in [-0.2, 0) is 11.2 Å². The molecule has 2 rings (SSSR count). The lowest BCUT2D eigenvalue weighted by Gasteiger charge is -2.09. The van der Waals surface area contributed by atoms with Crippen LogP contribution >= 0.6 is 15.9 Å². The molecule has 2 aromatic carbocycles. The van der Waals surface area contributed by atoms with Crippen LogP contribution in [-0.4, -0.2) is 26.7 Å². The number of halogens is 1. The van der Waals surface area contributed by atoms with Crippen LogP contribution in [0.3, 0.4) is 0 Å². The van der Waals surface area contributed by atoms with Crippen LogP contribution in [0.1, 0.15) is 11.1 Å². The van der Waals surface area contributed by atoms with Crippen LogP contribution in [0.5, 0.6) is 11.5 Å². The lowest BCUT2D eigenvalue weighted by molar-refractivity contribution is -0.116. The van der Waals surface area contributed by atoms with Gasteiger partial charge in [0, 0.05) is 17.1 Å². The minimum atomic E-state index is -0.113. The largest absolute Gasteiger partial charge is 0.493 e. The van der Waals surface area contributed by atoms with Crippen molar-refractivity contribution in [3.8, 4) is 11.5 Å². The first-order chi connectivity index (χ1) is 11.6. The standard InChI is InChI=1S/C19H20BrNO3/c1-23-17-9-5-15(13-18(17)24-2)11-12-21-19(22)10-6-14-3-7-16(20)8-4-14/h3-10,13H,11-12H2,1-2H3,(H,21,22)/b10-6+. The number of methoxy groups -OCH3 is 2. The molecule has 126 valence electrons. The van der Waals surface area contributed by atoms with Gasteiger partial charge in [0.15, 0.2) is 11.5 Å². The van der Waals surface area contributed by atoms with Crippen molar-refractivity contribution in [2.45, 2.75) is 6.42 Å². The molecule has 0 fully saturated rings. The fourth-order valence-electron chi connectivity index (χ4n) is 2.17. The van der Waals surface area contributed by atoms with Crippen LogP contribution in [0, 0.1) is 0 Å². The van der Waals surface area contributed by atoms with Gasteiger partial charge in [-0.25, -0.2) is 0 Å². The van der Waals surface area contributed by atoms with E-state index in [0.29, 0.717) is 18.0 Å². The van der Waals surface area contributed by atoms with Crippen molar-refractivity contribution in [1.82, 2.24) is 5.32 Å². The Morgan fingerprint density at radius 2 is 1.79 bits per heavy atom. The molecule has 0 radical (unpaired) electrons. The van der Waals surface area contributed by atoms with E-state index in [9.17, 15) is 4.79 Å². The summed E-state index contributed by atoms with van der Waals surface area (Å²) in [7, 11) is 3.21. The van der Waals surface area contributed by atoms with E-state index >= 15 is 0 Å². The molecule has 5 heteroatoms. The van der Waals surface area contributed by atoms with E-state index < -0.39 is 0 Å². The number of rotatable bonds is 7. The predicted molar refractivity (Wildman–Crippen MR) is 99.4 cm³/mol. The van der Waals surface area contributed by atoms with Gasteiger partial charge in [-0.3, -0.25) is 4.79 Å². The third-order valence-corrected chi connectivity index (χ3v) is 3.99. The first-order valence-electron chi connectivity index (χ1n) is 7.55. The number of carbonyl (C=O) groups is 1. The molecule has 0 atom stereocenters. The number of hydrogen-bond acceptors (Lipinski definition) is 3. The molecule has 0 saturated carbocycles. The molecule has 0 bridgehead atoms. The van der Waals surface area contributed by atoms with Gasteiger partial charge in [-0.05, 0) is 47.9 Å². The smallest absolute Gasteiger partial charge is 0.244 e. The second-order valence-electron chi connectivity index (χ2n) is 5.12. The molecule has 0 unspecified atom stereocenters. The molecule has 24 heavy (non-hydrogen) atoms. The Bertz CT molecular complexity index is 711. The summed E-state index contributed by atoms with van der Waals surface area (Å²) >= 11 is 3.38. The van der Waals surface area contributed by atoms with Crippen molar-refractivity contribution in [3.63, 3.8) is 0 Å². The molecule has 0 aliphatic carbocycles. The van der Waals surface area contributed by atoms with Gasteiger partial charge in [-0.15, -0.1) is 0 Å². The molecule has 2 aromatic rings. The number of benzene rings is 2. The zero-order chi connectivity index (χ0) is 17.4. The zero-order valence-corrected chi connectivity index (χ0v) is 15.3. The lowest BCUT2D eigenvalue weighted by atomic mass is 10.1. The van der Waals surface area contributed by atoms with Crippen LogP contribution in [0.2, 0.25) is 0 Å². The highest BCUT2D eigenvalue weighted by Crippen LogP contribution is 2.27. The Labute approximate surface area is 150 Å². The number of ether oxygens (including phenoxy) is 2. The van der Waals surface area contributed by atoms with Gasteiger partial charge in [0.05, 0.1) is 14.2 Å². The molecule has 0 aliphatic heterocycles. The second kappa shape index (κ2) is 9.13. The molecule has 0 heterocycles. The normalized spacial score (nSPS) is 10.6. The summed E-state index contributed by atoms with van der Waals surface area (Å²) in [5.74, 6) is 1.28. The van der Waals surface area contributed by atoms with E-state index in [4.69, 9.17) is 9.47 Å². The minimum absolute atomic E-state index is 0.113. The number of amides is 1. The minimum Gasteiger partial charge on any atom is -0.493 e. The summed E-state index contributed by atoms with van der Waals surface area (Å²) in [6, 6.07) is 13.5. The average Bonchev–Trinajstić information content (AvgIpc) is 2.61. The molecule has 0 saturated heterocycles. The molecule has 1 amide bonds. The Hall–Kier alpha value is -2.27. The lowest BCUT2D eigenvalue weighted by Crippen LogP contribution is -2.23. The molecule has 0 spiro atoms. The van der Waals surface area contributed by atoms with Gasteiger partial charge in [0.25, 0.3) is 0 Å². The van der Waals surface area contributed by atoms with E-state index in [1.807, 2.05) is 42.5 Å². The van der Waals surface area contributed by atoms with Crippen LogP contribution in [0.15, 0.2) is 53.0 Å². The molecule has 1 N–H and O–H groups in total. The molecular weight excluding hydrogens is 370 g/mol. The summed E-state index contributed by atoms with van der Waals surface area (Å²) in [5.41, 5.74) is 2.05. The van der Waals surface area contributed by atoms with E-state index in [1.54, 1.807) is 20.3 Å². The maximum Gasteiger partial charge on any atom is 0.244 e. The number of nitrogens with one attached hydrogen (secondary N) is 1. The van der Waals surface area contributed by atoms with Crippen molar-refractivity contribution in [2.75, 3.05) is 20.8 Å². The summed E-state index contributed by atoms with van der Waals surface area (Å²) in [6.45, 7) is 0.555. The fourth-order valence-corrected chi connectivity index (χ4v) is 2.44. The summed E-state index contributed by atoms with van der Waals surface area (Å²) in [4.78, 5) is 11.8. The third kappa shape index (κ3) is 5.42. The van der Waals surface area contributed by atoms with Crippen LogP contribution < -0.4 is 14.8 Å². The Kier molecular flexibility index (Phi) is 6.88. The van der Waals surface area contributed by atoms with E-state index in [-0.39, 0.29) is 5.91 Å². The monoisotopic (exact) mass is 389 g/mol. The van der Waals surface area contributed by atoms with Crippen LogP contribution in [0.4, 0.5) is 0 Å². The van der Waals surface area contributed by atoms with E-state index in [2.05, 4.69) is 21.2 Å². The molecule has 0 aromatic heterocycles. The topological polar surface area (TPSA) is 47.6 Å². The Morgan fingerprint density at radius 3 is 2.46 bits per heavy atom. The van der Waals surface area contributed by atoms with Gasteiger partial charge in [-0.2, -0.15) is 0 Å². The highest BCUT2D eigenvalue weighted by molar-refractivity contribution is 9.10. The van der Waals surface area contributed by atoms with Crippen molar-refractivity contribution in [3.05, 3.63) is 64.1 Å². The van der Waals surface area contributed by atoms with Crippen molar-refractivity contribution in [1.29, 1.82) is 0 Å². The van der Waals surface area contributed by atoms with Gasteiger partial charge in [0.1, 0.15) is 0 Å². The summed E-state index contributed by atoms with van der Waals surface area (Å²) < 4.78 is 11.5. The summed E-state index contributed by atoms with van der Waals surface area (Å²) in [6.07, 6.45) is 4.05. The SMILES string of the molecule is COc1ccc(CCNC(=O)/C=C/c2ccc(Br)cc2)cc1OC. The highest BCUT2D eigenvalue weighted by atomic mass is 79.9. The maximum atomic E-state index is 11.8. The number of hydrogen-bond donors (Lipinski definition) is 1. The third-order valence-electron chi connectivity index (χ3n) is 3.46. The van der Waals surface area contributed by atoms with Crippen LogP contribution in [0.25, 0.3) is 6.08 Å². The molecular formula is C19H20BrNO3. The van der Waals surface area contributed by atoms with E-state index in [0.717, 1.165) is 22.0 Å². The fraction of sp³-hybridized carbons (Fsp3) is 0.211. The van der Waals surface area contributed by atoms with Gasteiger partial charge >= 0.3 is 0 Å².